The zero-order chi connectivity index (χ0) is 17.4. The second-order valence-corrected chi connectivity index (χ2v) is 6.56. The summed E-state index contributed by atoms with van der Waals surface area (Å²) in [6.07, 6.45) is 2.91. The number of methoxy groups -OCH3 is 1. The summed E-state index contributed by atoms with van der Waals surface area (Å²) in [5.74, 6) is 1.35. The second-order valence-electron chi connectivity index (χ2n) is 6.56. The van der Waals surface area contributed by atoms with Crippen molar-refractivity contribution in [3.05, 3.63) is 63.7 Å². The number of rotatable bonds is 3. The van der Waals surface area contributed by atoms with Gasteiger partial charge in [0.05, 0.1) is 18.0 Å². The van der Waals surface area contributed by atoms with Crippen molar-refractivity contribution in [1.29, 1.82) is 0 Å². The van der Waals surface area contributed by atoms with Crippen LogP contribution in [0, 0.1) is 0 Å². The maximum Gasteiger partial charge on any atom is 0.258 e. The van der Waals surface area contributed by atoms with Gasteiger partial charge in [-0.3, -0.25) is 4.79 Å². The summed E-state index contributed by atoms with van der Waals surface area (Å²) >= 11 is 0. The first-order valence-electron chi connectivity index (χ1n) is 8.54. The third-order valence-electron chi connectivity index (χ3n) is 4.83. The van der Waals surface area contributed by atoms with E-state index in [-0.39, 0.29) is 5.56 Å². The van der Waals surface area contributed by atoms with Crippen LogP contribution in [0.25, 0.3) is 10.9 Å². The topological polar surface area (TPSA) is 58.2 Å². The van der Waals surface area contributed by atoms with E-state index in [2.05, 4.69) is 40.1 Å². The van der Waals surface area contributed by atoms with Crippen LogP contribution in [0.4, 0.5) is 5.69 Å². The number of H-pyrrole nitrogens is 1. The van der Waals surface area contributed by atoms with Crippen LogP contribution in [0.3, 0.4) is 0 Å². The fourth-order valence-corrected chi connectivity index (χ4v) is 3.52. The molecule has 0 amide bonds. The third-order valence-corrected chi connectivity index (χ3v) is 4.83. The maximum atomic E-state index is 12.4. The molecule has 5 nitrogen and oxygen atoms in total. The molecule has 1 aliphatic rings. The van der Waals surface area contributed by atoms with Crippen molar-refractivity contribution in [2.75, 3.05) is 25.6 Å². The van der Waals surface area contributed by atoms with Crippen molar-refractivity contribution in [2.45, 2.75) is 19.3 Å². The summed E-state index contributed by atoms with van der Waals surface area (Å²) < 4.78 is 5.18. The molecule has 1 aliphatic heterocycles. The standard InChI is InChI=1S/C20H21N3O2/c1-23-9-3-4-14-10-13(5-8-18(14)23)11-19-21-17-7-6-15(25-2)12-16(17)20(24)22-19/h5-8,10,12H,3-4,9,11H2,1-2H3,(H,21,22,24). The van der Waals surface area contributed by atoms with Gasteiger partial charge in [0, 0.05) is 25.7 Å². The van der Waals surface area contributed by atoms with Gasteiger partial charge < -0.3 is 14.6 Å². The molecule has 4 rings (SSSR count). The first-order valence-corrected chi connectivity index (χ1v) is 8.54. The molecule has 2 aromatic carbocycles. The van der Waals surface area contributed by atoms with Crippen LogP contribution in [0.5, 0.6) is 5.75 Å². The zero-order valence-electron chi connectivity index (χ0n) is 14.5. The van der Waals surface area contributed by atoms with Crippen LogP contribution < -0.4 is 15.2 Å². The maximum absolute atomic E-state index is 12.4. The quantitative estimate of drug-likeness (QED) is 0.799. The van der Waals surface area contributed by atoms with Crippen molar-refractivity contribution >= 4 is 16.6 Å². The summed E-state index contributed by atoms with van der Waals surface area (Å²) in [4.78, 5) is 22.2. The molecule has 0 fully saturated rings. The van der Waals surface area contributed by atoms with Crippen LogP contribution >= 0.6 is 0 Å². The highest BCUT2D eigenvalue weighted by molar-refractivity contribution is 5.79. The molecule has 0 saturated carbocycles. The van der Waals surface area contributed by atoms with Gasteiger partial charge in [0.2, 0.25) is 0 Å². The number of hydrogen-bond donors (Lipinski definition) is 1. The first-order chi connectivity index (χ1) is 12.1. The Kier molecular flexibility index (Phi) is 3.92. The highest BCUT2D eigenvalue weighted by atomic mass is 16.5. The minimum absolute atomic E-state index is 0.128. The number of aromatic amines is 1. The van der Waals surface area contributed by atoms with Gasteiger partial charge in [-0.15, -0.1) is 0 Å². The molecule has 128 valence electrons. The highest BCUT2D eigenvalue weighted by Gasteiger charge is 2.14. The Hall–Kier alpha value is -2.82. The fourth-order valence-electron chi connectivity index (χ4n) is 3.52. The average molecular weight is 335 g/mol. The smallest absolute Gasteiger partial charge is 0.258 e. The molecule has 0 radical (unpaired) electrons. The van der Waals surface area contributed by atoms with E-state index < -0.39 is 0 Å². The van der Waals surface area contributed by atoms with E-state index in [0.717, 1.165) is 13.0 Å². The summed E-state index contributed by atoms with van der Waals surface area (Å²) in [6.45, 7) is 1.11. The Morgan fingerprint density at radius 2 is 2.12 bits per heavy atom. The number of aryl methyl sites for hydroxylation is 1. The van der Waals surface area contributed by atoms with Gasteiger partial charge in [-0.05, 0) is 48.2 Å². The van der Waals surface area contributed by atoms with E-state index in [9.17, 15) is 4.79 Å². The Bertz CT molecular complexity index is 994. The monoisotopic (exact) mass is 335 g/mol. The van der Waals surface area contributed by atoms with Crippen molar-refractivity contribution < 1.29 is 4.74 Å². The number of fused-ring (bicyclic) bond motifs is 2. The van der Waals surface area contributed by atoms with E-state index in [1.54, 1.807) is 13.2 Å². The Morgan fingerprint density at radius 1 is 1.24 bits per heavy atom. The van der Waals surface area contributed by atoms with Crippen molar-refractivity contribution in [2.24, 2.45) is 0 Å². The van der Waals surface area contributed by atoms with E-state index in [4.69, 9.17) is 4.74 Å². The highest BCUT2D eigenvalue weighted by Crippen LogP contribution is 2.27. The van der Waals surface area contributed by atoms with Crippen molar-refractivity contribution in [1.82, 2.24) is 9.97 Å². The van der Waals surface area contributed by atoms with Gasteiger partial charge in [-0.2, -0.15) is 0 Å². The zero-order valence-corrected chi connectivity index (χ0v) is 14.5. The molecule has 0 unspecified atom stereocenters. The predicted octanol–water partition coefficient (Wildman–Crippen LogP) is 2.90. The fraction of sp³-hybridized carbons (Fsp3) is 0.300. The Balaban J connectivity index is 1.68. The Morgan fingerprint density at radius 3 is 2.96 bits per heavy atom. The van der Waals surface area contributed by atoms with Crippen LogP contribution in [0.1, 0.15) is 23.4 Å². The molecule has 0 aliphatic carbocycles. The largest absolute Gasteiger partial charge is 0.497 e. The summed E-state index contributed by atoms with van der Waals surface area (Å²) in [5, 5.41) is 0.551. The van der Waals surface area contributed by atoms with Crippen LogP contribution in [0.2, 0.25) is 0 Å². The number of benzene rings is 2. The molecular formula is C20H21N3O2. The normalized spacial score (nSPS) is 13.8. The van der Waals surface area contributed by atoms with Crippen LogP contribution in [-0.4, -0.2) is 30.7 Å². The van der Waals surface area contributed by atoms with Gasteiger partial charge in [-0.1, -0.05) is 12.1 Å². The molecule has 0 bridgehead atoms. The van der Waals surface area contributed by atoms with E-state index in [0.29, 0.717) is 28.9 Å². The lowest BCUT2D eigenvalue weighted by molar-refractivity contribution is 0.415. The third kappa shape index (κ3) is 2.97. The molecule has 0 spiro atoms. The number of anilines is 1. The van der Waals surface area contributed by atoms with Crippen molar-refractivity contribution in [3.8, 4) is 5.75 Å². The summed E-state index contributed by atoms with van der Waals surface area (Å²) in [6, 6.07) is 11.9. The van der Waals surface area contributed by atoms with Gasteiger partial charge in [0.1, 0.15) is 11.6 Å². The number of aromatic nitrogens is 2. The first kappa shape index (κ1) is 15.7. The van der Waals surface area contributed by atoms with Gasteiger partial charge >= 0.3 is 0 Å². The lowest BCUT2D eigenvalue weighted by Crippen LogP contribution is -2.24. The number of nitrogens with zero attached hydrogens (tertiary/aromatic N) is 2. The molecule has 0 saturated heterocycles. The molecular weight excluding hydrogens is 314 g/mol. The summed E-state index contributed by atoms with van der Waals surface area (Å²) in [5.41, 5.74) is 4.42. The lowest BCUT2D eigenvalue weighted by Gasteiger charge is -2.27. The minimum atomic E-state index is -0.128. The molecule has 2 heterocycles. The number of hydrogen-bond acceptors (Lipinski definition) is 4. The molecule has 1 aromatic heterocycles. The van der Waals surface area contributed by atoms with Crippen LogP contribution in [0.15, 0.2) is 41.2 Å². The minimum Gasteiger partial charge on any atom is -0.497 e. The second kappa shape index (κ2) is 6.24. The van der Waals surface area contributed by atoms with Gasteiger partial charge in [-0.25, -0.2) is 4.98 Å². The van der Waals surface area contributed by atoms with Gasteiger partial charge in [0.25, 0.3) is 5.56 Å². The predicted molar refractivity (Wildman–Crippen MR) is 99.8 cm³/mol. The van der Waals surface area contributed by atoms with Gasteiger partial charge in [0.15, 0.2) is 0 Å². The van der Waals surface area contributed by atoms with Crippen molar-refractivity contribution in [3.63, 3.8) is 0 Å². The average Bonchev–Trinajstić information content (AvgIpc) is 2.62. The lowest BCUT2D eigenvalue weighted by atomic mass is 9.98. The number of nitrogens with one attached hydrogen (secondary N) is 1. The molecule has 25 heavy (non-hydrogen) atoms. The van der Waals surface area contributed by atoms with E-state index >= 15 is 0 Å². The summed E-state index contributed by atoms with van der Waals surface area (Å²) in [7, 11) is 3.72. The van der Waals surface area contributed by atoms with E-state index in [1.807, 2.05) is 12.1 Å². The number of ether oxygens (including phenoxy) is 1. The SMILES string of the molecule is COc1ccc2nc(Cc3ccc4c(c3)CCCN4C)[nH]c(=O)c2c1. The molecule has 5 heteroatoms. The van der Waals surface area contributed by atoms with Crippen LogP contribution in [-0.2, 0) is 12.8 Å². The van der Waals surface area contributed by atoms with E-state index in [1.165, 1.54) is 23.2 Å². The Labute approximate surface area is 146 Å². The molecule has 3 aromatic rings. The molecule has 0 atom stereocenters. The molecule has 1 N–H and O–H groups in total.